The lowest BCUT2D eigenvalue weighted by Crippen LogP contribution is -1.94. The molecule has 17 heavy (non-hydrogen) atoms. The second-order valence-corrected chi connectivity index (χ2v) is 4.11. The van der Waals surface area contributed by atoms with Crippen LogP contribution in [-0.2, 0) is 0 Å². The highest BCUT2D eigenvalue weighted by atomic mass is 15.4. The topological polar surface area (TPSA) is 30.2 Å². The predicted molar refractivity (Wildman–Crippen MR) is 68.0 cm³/mol. The highest BCUT2D eigenvalue weighted by Crippen LogP contribution is 2.26. The van der Waals surface area contributed by atoms with Gasteiger partial charge in [-0.05, 0) is 29.0 Å². The molecule has 0 aliphatic rings. The second-order valence-electron chi connectivity index (χ2n) is 4.11. The zero-order valence-electron chi connectivity index (χ0n) is 9.04. The largest absolute Gasteiger partial charge is 0.222 e. The van der Waals surface area contributed by atoms with Gasteiger partial charge in [0.1, 0.15) is 0 Å². The van der Waals surface area contributed by atoms with Gasteiger partial charge in [-0.15, -0.1) is 5.10 Å². The molecule has 2 aromatic heterocycles. The Balaban J connectivity index is 2.41. The number of rotatable bonds is 0. The molecule has 3 nitrogen and oxygen atoms in total. The highest BCUT2D eigenvalue weighted by molar-refractivity contribution is 6.13. The Kier molecular flexibility index (Phi) is 1.56. The third-order valence-corrected chi connectivity index (χ3v) is 3.14. The van der Waals surface area contributed by atoms with Crippen molar-refractivity contribution in [2.75, 3.05) is 0 Å². The van der Waals surface area contributed by atoms with E-state index in [2.05, 4.69) is 46.7 Å². The van der Waals surface area contributed by atoms with E-state index in [1.165, 1.54) is 16.2 Å². The van der Waals surface area contributed by atoms with E-state index in [-0.39, 0.29) is 0 Å². The van der Waals surface area contributed by atoms with Gasteiger partial charge in [0.2, 0.25) is 0 Å². The van der Waals surface area contributed by atoms with E-state index in [4.69, 9.17) is 0 Å². The van der Waals surface area contributed by atoms with Crippen molar-refractivity contribution in [1.82, 2.24) is 14.8 Å². The minimum absolute atomic E-state index is 0.940. The average Bonchev–Trinajstić information content (AvgIpc) is 2.86. The van der Waals surface area contributed by atoms with Crippen LogP contribution in [0.3, 0.4) is 0 Å². The normalized spacial score (nSPS) is 11.5. The summed E-state index contributed by atoms with van der Waals surface area (Å²) in [4.78, 5) is 0. The molecular formula is C14H9N3. The maximum absolute atomic E-state index is 4.24. The first-order valence-electron chi connectivity index (χ1n) is 5.55. The number of benzene rings is 2. The molecule has 80 valence electrons. The monoisotopic (exact) mass is 219 g/mol. The van der Waals surface area contributed by atoms with Gasteiger partial charge in [-0.25, -0.2) is 4.52 Å². The average molecular weight is 219 g/mol. The lowest BCUT2D eigenvalue weighted by atomic mass is 10.1. The van der Waals surface area contributed by atoms with Gasteiger partial charge >= 0.3 is 0 Å². The number of nitrogens with zero attached hydrogens (tertiary/aromatic N) is 3. The summed E-state index contributed by atoms with van der Waals surface area (Å²) in [6, 6.07) is 16.5. The summed E-state index contributed by atoms with van der Waals surface area (Å²) < 4.78 is 1.81. The van der Waals surface area contributed by atoms with Crippen LogP contribution in [0.15, 0.2) is 54.7 Å². The van der Waals surface area contributed by atoms with Gasteiger partial charge in [0.25, 0.3) is 0 Å². The van der Waals surface area contributed by atoms with Crippen LogP contribution >= 0.6 is 0 Å². The molecule has 0 atom stereocenters. The zero-order valence-corrected chi connectivity index (χ0v) is 9.04. The van der Waals surface area contributed by atoms with Crippen molar-refractivity contribution in [2.45, 2.75) is 0 Å². The van der Waals surface area contributed by atoms with Gasteiger partial charge in [0.15, 0.2) is 0 Å². The molecule has 2 heterocycles. The van der Waals surface area contributed by atoms with Gasteiger partial charge in [-0.2, -0.15) is 0 Å². The van der Waals surface area contributed by atoms with Crippen LogP contribution in [0.1, 0.15) is 0 Å². The maximum atomic E-state index is 4.24. The molecule has 3 heteroatoms. The molecule has 0 aliphatic carbocycles. The van der Waals surface area contributed by atoms with Gasteiger partial charge in [0, 0.05) is 11.6 Å². The van der Waals surface area contributed by atoms with Gasteiger partial charge in [0.05, 0.1) is 11.0 Å². The van der Waals surface area contributed by atoms with E-state index in [9.17, 15) is 0 Å². The minimum atomic E-state index is 0.940. The van der Waals surface area contributed by atoms with Crippen LogP contribution in [0.4, 0.5) is 0 Å². The van der Waals surface area contributed by atoms with Crippen molar-refractivity contribution in [3.05, 3.63) is 54.7 Å². The van der Waals surface area contributed by atoms with E-state index in [1.54, 1.807) is 0 Å². The summed E-state index contributed by atoms with van der Waals surface area (Å²) >= 11 is 0. The van der Waals surface area contributed by atoms with E-state index < -0.39 is 0 Å². The highest BCUT2D eigenvalue weighted by Gasteiger charge is 2.06. The second kappa shape index (κ2) is 3.04. The zero-order chi connectivity index (χ0) is 11.2. The number of fused-ring (bicyclic) bond motifs is 5. The molecule has 4 aromatic rings. The molecule has 0 aliphatic heterocycles. The fourth-order valence-corrected chi connectivity index (χ4v) is 2.36. The first-order valence-corrected chi connectivity index (χ1v) is 5.55. The number of hydrogen-bond acceptors (Lipinski definition) is 2. The fraction of sp³-hybridized carbons (Fsp3) is 0. The third kappa shape index (κ3) is 1.11. The minimum Gasteiger partial charge on any atom is -0.222 e. The summed E-state index contributed by atoms with van der Waals surface area (Å²) in [5, 5.41) is 12.0. The molecule has 0 saturated carbocycles. The summed E-state index contributed by atoms with van der Waals surface area (Å²) in [6.45, 7) is 0. The van der Waals surface area contributed by atoms with Gasteiger partial charge in [-0.1, -0.05) is 35.5 Å². The van der Waals surface area contributed by atoms with Crippen LogP contribution in [0.5, 0.6) is 0 Å². The Morgan fingerprint density at radius 3 is 2.82 bits per heavy atom. The van der Waals surface area contributed by atoms with Crippen molar-refractivity contribution < 1.29 is 0 Å². The van der Waals surface area contributed by atoms with Crippen LogP contribution in [-0.4, -0.2) is 14.8 Å². The summed E-state index contributed by atoms with van der Waals surface area (Å²) in [7, 11) is 0. The Bertz CT molecular complexity index is 846. The first-order chi connectivity index (χ1) is 8.43. The van der Waals surface area contributed by atoms with Crippen molar-refractivity contribution in [3.8, 4) is 0 Å². The van der Waals surface area contributed by atoms with Crippen molar-refractivity contribution in [2.24, 2.45) is 0 Å². The number of hydrogen-bond donors (Lipinski definition) is 0. The quantitative estimate of drug-likeness (QED) is 0.425. The van der Waals surface area contributed by atoms with Gasteiger partial charge in [-0.3, -0.25) is 0 Å². The molecular weight excluding hydrogens is 210 g/mol. The lowest BCUT2D eigenvalue weighted by Gasteiger charge is -2.04. The molecule has 0 bridgehead atoms. The summed E-state index contributed by atoms with van der Waals surface area (Å²) in [5.74, 6) is 0. The van der Waals surface area contributed by atoms with E-state index in [1.807, 2.05) is 22.8 Å². The molecule has 0 unspecified atom stereocenters. The maximum Gasteiger partial charge on any atom is 0.0974 e. The van der Waals surface area contributed by atoms with E-state index in [0.29, 0.717) is 0 Å². The summed E-state index contributed by atoms with van der Waals surface area (Å²) in [6.07, 6.45) is 1.92. The summed E-state index contributed by atoms with van der Waals surface area (Å²) in [5.41, 5.74) is 2.04. The van der Waals surface area contributed by atoms with Crippen LogP contribution in [0.25, 0.3) is 27.2 Å². The smallest absolute Gasteiger partial charge is 0.0974 e. The standard InChI is InChI=1S/C14H9N3/c1-2-5-11-10(4-1)7-8-12-14(11)13-6-3-9-17(13)16-15-12/h1-9H. The van der Waals surface area contributed by atoms with Crippen molar-refractivity contribution in [3.63, 3.8) is 0 Å². The Morgan fingerprint density at radius 1 is 0.882 bits per heavy atom. The molecule has 0 saturated heterocycles. The predicted octanol–water partition coefficient (Wildman–Crippen LogP) is 3.04. The SMILES string of the molecule is c1ccc2c(c1)ccc1nnn3cccc3c12. The van der Waals surface area contributed by atoms with E-state index >= 15 is 0 Å². The lowest BCUT2D eigenvalue weighted by molar-refractivity contribution is 0.833. The molecule has 0 N–H and O–H groups in total. The molecule has 2 aromatic carbocycles. The Hall–Kier alpha value is -2.42. The third-order valence-electron chi connectivity index (χ3n) is 3.14. The van der Waals surface area contributed by atoms with E-state index in [0.717, 1.165) is 11.0 Å². The van der Waals surface area contributed by atoms with Crippen molar-refractivity contribution >= 4 is 27.2 Å². The van der Waals surface area contributed by atoms with Crippen LogP contribution in [0, 0.1) is 0 Å². The molecule has 0 amide bonds. The fourth-order valence-electron chi connectivity index (χ4n) is 2.36. The van der Waals surface area contributed by atoms with Crippen LogP contribution in [0.2, 0.25) is 0 Å². The first kappa shape index (κ1) is 8.70. The number of aromatic nitrogens is 3. The van der Waals surface area contributed by atoms with Gasteiger partial charge < -0.3 is 0 Å². The Labute approximate surface area is 97.3 Å². The van der Waals surface area contributed by atoms with Crippen LogP contribution < -0.4 is 0 Å². The molecule has 0 radical (unpaired) electrons. The Morgan fingerprint density at radius 2 is 1.82 bits per heavy atom. The molecule has 4 rings (SSSR count). The molecule has 0 fully saturated rings. The van der Waals surface area contributed by atoms with Crippen molar-refractivity contribution in [1.29, 1.82) is 0 Å². The molecule has 0 spiro atoms.